The van der Waals surface area contributed by atoms with Gasteiger partial charge in [-0.05, 0) is 71.6 Å². The molecule has 0 amide bonds. The van der Waals surface area contributed by atoms with Crippen molar-refractivity contribution in [1.82, 2.24) is 15.1 Å². The predicted molar refractivity (Wildman–Crippen MR) is 91.0 cm³/mol. The maximum absolute atomic E-state index is 3.54. The molecule has 1 aliphatic heterocycles. The Hall–Kier alpha value is -0.900. The van der Waals surface area contributed by atoms with E-state index in [1.165, 1.54) is 41.8 Å². The Bertz CT molecular complexity index is 458. The molecule has 21 heavy (non-hydrogen) atoms. The Balaban J connectivity index is 2.11. The van der Waals surface area contributed by atoms with Crippen LogP contribution in [0.1, 0.15) is 34.7 Å². The Kier molecular flexibility index (Phi) is 5.42. The molecule has 0 aromatic heterocycles. The zero-order valence-electron chi connectivity index (χ0n) is 14.5. The first kappa shape index (κ1) is 16.5. The van der Waals surface area contributed by atoms with Crippen molar-refractivity contribution >= 4 is 0 Å². The highest BCUT2D eigenvalue weighted by molar-refractivity contribution is 5.39. The molecule has 2 atom stereocenters. The summed E-state index contributed by atoms with van der Waals surface area (Å²) in [7, 11) is 6.47. The van der Waals surface area contributed by atoms with E-state index in [-0.39, 0.29) is 0 Å². The van der Waals surface area contributed by atoms with Crippen LogP contribution in [0.3, 0.4) is 0 Å². The average Bonchev–Trinajstić information content (AvgIpc) is 2.85. The van der Waals surface area contributed by atoms with Crippen LogP contribution in [-0.4, -0.2) is 56.6 Å². The molecule has 3 heteroatoms. The van der Waals surface area contributed by atoms with Gasteiger partial charge < -0.3 is 10.2 Å². The lowest BCUT2D eigenvalue weighted by Gasteiger charge is -2.27. The van der Waals surface area contributed by atoms with Crippen molar-refractivity contribution in [2.75, 3.05) is 40.8 Å². The van der Waals surface area contributed by atoms with Crippen molar-refractivity contribution in [1.29, 1.82) is 0 Å². The van der Waals surface area contributed by atoms with Gasteiger partial charge in [-0.25, -0.2) is 0 Å². The molecule has 1 aliphatic rings. The number of benzene rings is 1. The highest BCUT2D eigenvalue weighted by Gasteiger charge is 2.26. The monoisotopic (exact) mass is 289 g/mol. The molecule has 2 unspecified atom stereocenters. The Morgan fingerprint density at radius 2 is 1.86 bits per heavy atom. The fraction of sp³-hybridized carbons (Fsp3) is 0.667. The summed E-state index contributed by atoms with van der Waals surface area (Å²) in [6.07, 6.45) is 1.29. The maximum atomic E-state index is 3.54. The van der Waals surface area contributed by atoms with Crippen LogP contribution in [0.4, 0.5) is 0 Å². The van der Waals surface area contributed by atoms with Gasteiger partial charge in [-0.1, -0.05) is 17.7 Å². The third-order valence-electron chi connectivity index (χ3n) is 4.85. The van der Waals surface area contributed by atoms with Crippen molar-refractivity contribution in [3.63, 3.8) is 0 Å². The summed E-state index contributed by atoms with van der Waals surface area (Å²) >= 11 is 0. The second-order valence-corrected chi connectivity index (χ2v) is 6.82. The normalized spacial score (nSPS) is 21.2. The first-order chi connectivity index (χ1) is 9.92. The molecular weight excluding hydrogens is 258 g/mol. The Labute approximate surface area is 130 Å². The molecule has 2 rings (SSSR count). The lowest BCUT2D eigenvalue weighted by atomic mass is 9.94. The van der Waals surface area contributed by atoms with Gasteiger partial charge in [-0.15, -0.1) is 0 Å². The first-order valence-corrected chi connectivity index (χ1v) is 8.06. The lowest BCUT2D eigenvalue weighted by Crippen LogP contribution is -2.36. The summed E-state index contributed by atoms with van der Waals surface area (Å²) in [6.45, 7) is 10.2. The largest absolute Gasteiger partial charge is 0.312 e. The van der Waals surface area contributed by atoms with Gasteiger partial charge in [0.25, 0.3) is 0 Å². The number of nitrogens with zero attached hydrogens (tertiary/aromatic N) is 2. The zero-order chi connectivity index (χ0) is 15.6. The smallest absolute Gasteiger partial charge is 0.0452 e. The number of hydrogen-bond acceptors (Lipinski definition) is 3. The van der Waals surface area contributed by atoms with E-state index in [0.29, 0.717) is 12.1 Å². The van der Waals surface area contributed by atoms with Crippen molar-refractivity contribution < 1.29 is 0 Å². The quantitative estimate of drug-likeness (QED) is 0.898. The fourth-order valence-electron chi connectivity index (χ4n) is 3.73. The molecule has 1 saturated heterocycles. The Morgan fingerprint density at radius 1 is 1.24 bits per heavy atom. The summed E-state index contributed by atoms with van der Waals surface area (Å²) < 4.78 is 0. The molecule has 0 bridgehead atoms. The highest BCUT2D eigenvalue weighted by Crippen LogP contribution is 2.25. The predicted octanol–water partition coefficient (Wildman–Crippen LogP) is 2.51. The van der Waals surface area contributed by atoms with E-state index >= 15 is 0 Å². The van der Waals surface area contributed by atoms with Gasteiger partial charge in [0.2, 0.25) is 0 Å². The van der Waals surface area contributed by atoms with Crippen molar-refractivity contribution in [3.8, 4) is 0 Å². The van der Waals surface area contributed by atoms with E-state index in [2.05, 4.69) is 69.2 Å². The van der Waals surface area contributed by atoms with Gasteiger partial charge in [0.1, 0.15) is 0 Å². The van der Waals surface area contributed by atoms with E-state index in [0.717, 1.165) is 6.54 Å². The van der Waals surface area contributed by atoms with Gasteiger partial charge in [-0.3, -0.25) is 4.90 Å². The van der Waals surface area contributed by atoms with Crippen LogP contribution in [0.25, 0.3) is 0 Å². The van der Waals surface area contributed by atoms with E-state index in [1.807, 2.05) is 0 Å². The third kappa shape index (κ3) is 3.85. The van der Waals surface area contributed by atoms with Gasteiger partial charge in [-0.2, -0.15) is 0 Å². The van der Waals surface area contributed by atoms with Crippen LogP contribution >= 0.6 is 0 Å². The molecule has 1 aromatic rings. The molecule has 1 heterocycles. The van der Waals surface area contributed by atoms with Crippen LogP contribution < -0.4 is 5.32 Å². The second kappa shape index (κ2) is 6.91. The SMILES string of the molecule is CNC(CN1CCC(N(C)C)C1)c1c(C)cc(C)cc1C. The van der Waals surface area contributed by atoms with E-state index in [9.17, 15) is 0 Å². The van der Waals surface area contributed by atoms with Gasteiger partial charge in [0.15, 0.2) is 0 Å². The second-order valence-electron chi connectivity index (χ2n) is 6.82. The molecule has 3 nitrogen and oxygen atoms in total. The number of likely N-dealkylation sites (N-methyl/N-ethyl adjacent to an activating group) is 2. The average molecular weight is 289 g/mol. The molecule has 118 valence electrons. The lowest BCUT2D eigenvalue weighted by molar-refractivity contribution is 0.253. The van der Waals surface area contributed by atoms with Crippen LogP contribution in [0, 0.1) is 20.8 Å². The number of aryl methyl sites for hydroxylation is 3. The maximum Gasteiger partial charge on any atom is 0.0452 e. The summed E-state index contributed by atoms with van der Waals surface area (Å²) in [4.78, 5) is 4.96. The molecule has 0 saturated carbocycles. The Morgan fingerprint density at radius 3 is 2.33 bits per heavy atom. The summed E-state index contributed by atoms with van der Waals surface area (Å²) in [5.41, 5.74) is 5.67. The highest BCUT2D eigenvalue weighted by atomic mass is 15.2. The van der Waals surface area contributed by atoms with Crippen molar-refractivity contribution in [2.24, 2.45) is 0 Å². The molecule has 1 aromatic carbocycles. The standard InChI is InChI=1S/C18H31N3/c1-13-9-14(2)18(15(3)10-13)17(19-4)12-21-8-7-16(11-21)20(5)6/h9-10,16-17,19H,7-8,11-12H2,1-6H3. The zero-order valence-corrected chi connectivity index (χ0v) is 14.5. The number of rotatable bonds is 5. The minimum Gasteiger partial charge on any atom is -0.312 e. The molecular formula is C18H31N3. The van der Waals surface area contributed by atoms with Gasteiger partial charge in [0.05, 0.1) is 0 Å². The van der Waals surface area contributed by atoms with Crippen molar-refractivity contribution in [2.45, 2.75) is 39.3 Å². The van der Waals surface area contributed by atoms with Crippen LogP contribution in [0.2, 0.25) is 0 Å². The molecule has 1 N–H and O–H groups in total. The fourth-order valence-corrected chi connectivity index (χ4v) is 3.73. The number of likely N-dealkylation sites (tertiary alicyclic amines) is 1. The third-order valence-corrected chi connectivity index (χ3v) is 4.85. The van der Waals surface area contributed by atoms with Crippen LogP contribution in [0.15, 0.2) is 12.1 Å². The van der Waals surface area contributed by atoms with Crippen molar-refractivity contribution in [3.05, 3.63) is 34.4 Å². The van der Waals surface area contributed by atoms with E-state index < -0.39 is 0 Å². The minimum absolute atomic E-state index is 0.423. The molecule has 0 aliphatic carbocycles. The molecule has 0 spiro atoms. The van der Waals surface area contributed by atoms with E-state index in [4.69, 9.17) is 0 Å². The van der Waals surface area contributed by atoms with E-state index in [1.54, 1.807) is 0 Å². The summed E-state index contributed by atoms with van der Waals surface area (Å²) in [6, 6.07) is 5.74. The number of nitrogens with one attached hydrogen (secondary N) is 1. The topological polar surface area (TPSA) is 18.5 Å². The van der Waals surface area contributed by atoms with Crippen LogP contribution in [-0.2, 0) is 0 Å². The molecule has 0 radical (unpaired) electrons. The van der Waals surface area contributed by atoms with Gasteiger partial charge >= 0.3 is 0 Å². The summed E-state index contributed by atoms with van der Waals surface area (Å²) in [5.74, 6) is 0. The first-order valence-electron chi connectivity index (χ1n) is 8.06. The summed E-state index contributed by atoms with van der Waals surface area (Å²) in [5, 5.41) is 3.54. The van der Waals surface area contributed by atoms with Gasteiger partial charge in [0, 0.05) is 25.2 Å². The molecule has 1 fully saturated rings. The number of hydrogen-bond donors (Lipinski definition) is 1. The van der Waals surface area contributed by atoms with Crippen LogP contribution in [0.5, 0.6) is 0 Å². The minimum atomic E-state index is 0.423.